The summed E-state index contributed by atoms with van der Waals surface area (Å²) in [5, 5.41) is 8.93. The van der Waals surface area contributed by atoms with Gasteiger partial charge < -0.3 is 10.0 Å². The van der Waals surface area contributed by atoms with Crippen LogP contribution >= 0.6 is 0 Å². The van der Waals surface area contributed by atoms with E-state index in [-0.39, 0.29) is 6.44 Å². The van der Waals surface area contributed by atoms with Crippen LogP contribution < -0.4 is 0 Å². The summed E-state index contributed by atoms with van der Waals surface area (Å²) in [6.07, 6.45) is 0.0443. The van der Waals surface area contributed by atoms with Gasteiger partial charge in [-0.15, -0.1) is 0 Å². The van der Waals surface area contributed by atoms with Crippen molar-refractivity contribution >= 4 is 7.27 Å². The monoisotopic (exact) mass is 149 g/mol. The summed E-state index contributed by atoms with van der Waals surface area (Å²) in [6.45, 7) is 1.01. The smallest absolute Gasteiger partial charge is 0.392 e. The van der Waals surface area contributed by atoms with Crippen molar-refractivity contribution in [2.24, 2.45) is 0 Å². The van der Waals surface area contributed by atoms with Crippen LogP contribution in [0.25, 0.3) is 0 Å². The van der Waals surface area contributed by atoms with Crippen LogP contribution in [0.3, 0.4) is 0 Å². The Bertz CT molecular complexity index is 114. The molecule has 0 spiro atoms. The zero-order valence-corrected chi connectivity index (χ0v) is 5.63. The number of hydrogen-bond acceptors (Lipinski definition) is 2. The highest BCUT2D eigenvalue weighted by Gasteiger charge is 2.25. The van der Waals surface area contributed by atoms with Crippen LogP contribution in [0.1, 0.15) is 6.42 Å². The van der Waals surface area contributed by atoms with E-state index in [1.807, 2.05) is 0 Å². The fourth-order valence-corrected chi connectivity index (χ4v) is 1.17. The molecule has 1 fully saturated rings. The fraction of sp³-hybridized carbons (Fsp3) is 1.00. The van der Waals surface area contributed by atoms with Crippen LogP contribution in [0.5, 0.6) is 0 Å². The molecular weight excluding hydrogens is 139 g/mol. The number of rotatable bonds is 2. The zero-order valence-electron chi connectivity index (χ0n) is 5.63. The standard InChI is InChI=1S/C5H10BF2NO/c7-6(8)4-9-2-1-5(10)3-9/h5,10H,1-4H2/t5-/m1/s1. The maximum absolute atomic E-state index is 11.7. The van der Waals surface area contributed by atoms with Gasteiger partial charge in [0.1, 0.15) is 0 Å². The van der Waals surface area contributed by atoms with Crippen molar-refractivity contribution in [2.75, 3.05) is 19.5 Å². The number of β-amino-alcohol motifs (C(OH)–C–C–N with tert-alkyl or cyclic N) is 1. The van der Waals surface area contributed by atoms with E-state index in [1.165, 1.54) is 0 Å². The second-order valence-corrected chi connectivity index (χ2v) is 2.59. The third-order valence-corrected chi connectivity index (χ3v) is 1.64. The number of halogens is 2. The molecule has 2 nitrogen and oxygen atoms in total. The Hall–Kier alpha value is -0.155. The third-order valence-electron chi connectivity index (χ3n) is 1.64. The quantitative estimate of drug-likeness (QED) is 0.559. The molecule has 0 saturated carbocycles. The number of nitrogens with zero attached hydrogens (tertiary/aromatic N) is 1. The Morgan fingerprint density at radius 2 is 2.30 bits per heavy atom. The third kappa shape index (κ3) is 2.23. The molecule has 0 radical (unpaired) electrons. The lowest BCUT2D eigenvalue weighted by atomic mass is 9.99. The van der Waals surface area contributed by atoms with Crippen molar-refractivity contribution in [1.82, 2.24) is 4.90 Å². The molecule has 0 amide bonds. The van der Waals surface area contributed by atoms with Gasteiger partial charge in [0.05, 0.1) is 6.10 Å². The molecule has 1 saturated heterocycles. The predicted octanol–water partition coefficient (Wildman–Crippen LogP) is 0.0194. The molecule has 0 aromatic rings. The normalized spacial score (nSPS) is 27.3. The highest BCUT2D eigenvalue weighted by Crippen LogP contribution is 2.08. The molecule has 0 aromatic carbocycles. The average molecular weight is 149 g/mol. The molecule has 0 unspecified atom stereocenters. The topological polar surface area (TPSA) is 23.5 Å². The van der Waals surface area contributed by atoms with Crippen LogP contribution in [-0.4, -0.2) is 42.9 Å². The molecule has 0 aromatic heterocycles. The Balaban J connectivity index is 2.18. The minimum atomic E-state index is -2.27. The molecule has 1 atom stereocenters. The summed E-state index contributed by atoms with van der Waals surface area (Å²) in [4.78, 5) is 1.58. The molecular formula is C5H10BF2NO. The van der Waals surface area contributed by atoms with Gasteiger partial charge in [-0.05, 0) is 6.42 Å². The Morgan fingerprint density at radius 1 is 1.60 bits per heavy atom. The van der Waals surface area contributed by atoms with Crippen LogP contribution in [0, 0.1) is 0 Å². The molecule has 1 N–H and O–H groups in total. The Morgan fingerprint density at radius 3 is 2.70 bits per heavy atom. The second kappa shape index (κ2) is 3.30. The van der Waals surface area contributed by atoms with Gasteiger partial charge in [0.15, 0.2) is 0 Å². The molecule has 1 aliphatic rings. The van der Waals surface area contributed by atoms with E-state index >= 15 is 0 Å². The molecule has 1 rings (SSSR count). The van der Waals surface area contributed by atoms with Crippen molar-refractivity contribution in [3.63, 3.8) is 0 Å². The van der Waals surface area contributed by atoms with E-state index in [9.17, 15) is 8.63 Å². The SMILES string of the molecule is O[C@@H]1CCN(CB(F)F)C1. The fourth-order valence-electron chi connectivity index (χ4n) is 1.17. The maximum atomic E-state index is 11.7. The van der Waals surface area contributed by atoms with Gasteiger partial charge in [-0.3, -0.25) is 8.63 Å². The summed E-state index contributed by atoms with van der Waals surface area (Å²) in [5.74, 6) is 0. The average Bonchev–Trinajstić information content (AvgIpc) is 2.13. The summed E-state index contributed by atoms with van der Waals surface area (Å²) in [6, 6.07) is 0. The Labute approximate surface area is 59.0 Å². The summed E-state index contributed by atoms with van der Waals surface area (Å²) in [7, 11) is -2.27. The molecule has 0 aliphatic carbocycles. The lowest BCUT2D eigenvalue weighted by Crippen LogP contribution is -2.29. The van der Waals surface area contributed by atoms with E-state index in [1.54, 1.807) is 4.90 Å². The minimum Gasteiger partial charge on any atom is -0.392 e. The minimum absolute atomic E-state index is 0.197. The van der Waals surface area contributed by atoms with Gasteiger partial charge in [0.25, 0.3) is 0 Å². The van der Waals surface area contributed by atoms with Gasteiger partial charge in [-0.1, -0.05) is 0 Å². The first-order valence-corrected chi connectivity index (χ1v) is 3.37. The lowest BCUT2D eigenvalue weighted by Gasteiger charge is -2.11. The van der Waals surface area contributed by atoms with Crippen LogP contribution in [0.15, 0.2) is 0 Å². The largest absolute Gasteiger partial charge is 0.551 e. The number of aliphatic hydroxyl groups is 1. The first kappa shape index (κ1) is 7.95. The van der Waals surface area contributed by atoms with E-state index in [4.69, 9.17) is 5.11 Å². The Kier molecular flexibility index (Phi) is 2.62. The van der Waals surface area contributed by atoms with Gasteiger partial charge in [0.2, 0.25) is 0 Å². The van der Waals surface area contributed by atoms with Crippen LogP contribution in [0.2, 0.25) is 0 Å². The van der Waals surface area contributed by atoms with Gasteiger partial charge in [0, 0.05) is 19.5 Å². The second-order valence-electron chi connectivity index (χ2n) is 2.59. The molecule has 58 valence electrons. The van der Waals surface area contributed by atoms with E-state index in [2.05, 4.69) is 0 Å². The van der Waals surface area contributed by atoms with Crippen molar-refractivity contribution in [3.05, 3.63) is 0 Å². The summed E-state index contributed by atoms with van der Waals surface area (Å²) in [5.41, 5.74) is 0. The molecule has 10 heavy (non-hydrogen) atoms. The van der Waals surface area contributed by atoms with Gasteiger partial charge in [-0.2, -0.15) is 0 Å². The maximum Gasteiger partial charge on any atom is 0.551 e. The van der Waals surface area contributed by atoms with Crippen LogP contribution in [0.4, 0.5) is 8.63 Å². The van der Waals surface area contributed by atoms with Crippen molar-refractivity contribution in [3.8, 4) is 0 Å². The van der Waals surface area contributed by atoms with E-state index < -0.39 is 13.4 Å². The molecule has 1 aliphatic heterocycles. The first-order valence-electron chi connectivity index (χ1n) is 3.37. The number of hydrogen-bond donors (Lipinski definition) is 1. The zero-order chi connectivity index (χ0) is 7.56. The number of aliphatic hydroxyl groups excluding tert-OH is 1. The molecule has 1 heterocycles. The summed E-state index contributed by atoms with van der Waals surface area (Å²) >= 11 is 0. The van der Waals surface area contributed by atoms with E-state index in [0.717, 1.165) is 0 Å². The van der Waals surface area contributed by atoms with Gasteiger partial charge in [-0.25, -0.2) is 0 Å². The molecule has 0 bridgehead atoms. The highest BCUT2D eigenvalue weighted by atomic mass is 19.2. The lowest BCUT2D eigenvalue weighted by molar-refractivity contribution is 0.180. The first-order chi connectivity index (χ1) is 4.68. The van der Waals surface area contributed by atoms with Crippen molar-refractivity contribution in [1.29, 1.82) is 0 Å². The number of likely N-dealkylation sites (tertiary alicyclic amines) is 1. The van der Waals surface area contributed by atoms with Crippen molar-refractivity contribution < 1.29 is 13.7 Å². The van der Waals surface area contributed by atoms with E-state index in [0.29, 0.717) is 19.5 Å². The predicted molar refractivity (Wildman–Crippen MR) is 35.0 cm³/mol. The van der Waals surface area contributed by atoms with Crippen LogP contribution in [-0.2, 0) is 0 Å². The van der Waals surface area contributed by atoms with Crippen molar-refractivity contribution in [2.45, 2.75) is 12.5 Å². The summed E-state index contributed by atoms with van der Waals surface area (Å²) < 4.78 is 23.4. The highest BCUT2D eigenvalue weighted by molar-refractivity contribution is 6.42. The molecule has 5 heteroatoms. The van der Waals surface area contributed by atoms with Gasteiger partial charge >= 0.3 is 7.27 Å².